The molecule has 0 bridgehead atoms. The predicted octanol–water partition coefficient (Wildman–Crippen LogP) is 1.27. The van der Waals surface area contributed by atoms with Crippen LogP contribution in [0.4, 0.5) is 0 Å². The average molecular weight is 338 g/mol. The van der Waals surface area contributed by atoms with Crippen molar-refractivity contribution in [1.29, 1.82) is 0 Å². The van der Waals surface area contributed by atoms with Crippen LogP contribution in [0.25, 0.3) is 0 Å². The molecule has 0 saturated carbocycles. The molecule has 7 heteroatoms. The Morgan fingerprint density at radius 3 is 2.76 bits per heavy atom. The fourth-order valence-electron chi connectivity index (χ4n) is 3.27. The maximum absolute atomic E-state index is 12.6. The first-order valence-corrected chi connectivity index (χ1v) is 7.90. The SMILES string of the molecule is O=C1CCC(N2Cc3cc(C(=O)c4ccco4)ccc3C2=O)C(=O)N1. The lowest BCUT2D eigenvalue weighted by Crippen LogP contribution is -2.52. The number of carbonyl (C=O) groups excluding carboxylic acids is 4. The van der Waals surface area contributed by atoms with E-state index in [1.807, 2.05) is 0 Å². The minimum atomic E-state index is -0.665. The molecule has 0 aliphatic carbocycles. The first-order valence-electron chi connectivity index (χ1n) is 7.90. The summed E-state index contributed by atoms with van der Waals surface area (Å²) >= 11 is 0. The van der Waals surface area contributed by atoms with Crippen LogP contribution in [0.1, 0.15) is 44.9 Å². The lowest BCUT2D eigenvalue weighted by atomic mass is 10.0. The summed E-state index contributed by atoms with van der Waals surface area (Å²) in [6.45, 7) is 0.236. The number of amides is 3. The van der Waals surface area contributed by atoms with Crippen LogP contribution in [-0.2, 0) is 16.1 Å². The maximum atomic E-state index is 12.6. The van der Waals surface area contributed by atoms with E-state index in [1.165, 1.54) is 11.2 Å². The van der Waals surface area contributed by atoms with Gasteiger partial charge in [0.15, 0.2) is 5.76 Å². The normalized spacial score (nSPS) is 19.8. The van der Waals surface area contributed by atoms with Gasteiger partial charge in [-0.3, -0.25) is 24.5 Å². The highest BCUT2D eigenvalue weighted by atomic mass is 16.3. The molecule has 0 spiro atoms. The van der Waals surface area contributed by atoms with E-state index in [0.717, 1.165) is 0 Å². The molecule has 25 heavy (non-hydrogen) atoms. The van der Waals surface area contributed by atoms with Gasteiger partial charge in [-0.25, -0.2) is 0 Å². The number of imide groups is 1. The monoisotopic (exact) mass is 338 g/mol. The standard InChI is InChI=1S/C18H14N2O5/c21-15-6-5-13(17(23)19-15)20-9-11-8-10(3-4-12(11)18(20)24)16(22)14-2-1-7-25-14/h1-4,7-8,13H,5-6,9H2,(H,19,21,23). The van der Waals surface area contributed by atoms with E-state index in [0.29, 0.717) is 23.1 Å². The molecule has 1 unspecified atom stereocenters. The van der Waals surface area contributed by atoms with Crippen LogP contribution in [0.3, 0.4) is 0 Å². The van der Waals surface area contributed by atoms with Gasteiger partial charge < -0.3 is 9.32 Å². The third-order valence-electron chi connectivity index (χ3n) is 4.53. The first-order chi connectivity index (χ1) is 12.0. The van der Waals surface area contributed by atoms with Crippen LogP contribution in [0, 0.1) is 0 Å². The quantitative estimate of drug-likeness (QED) is 0.671. The van der Waals surface area contributed by atoms with Crippen LogP contribution in [0.15, 0.2) is 41.0 Å². The van der Waals surface area contributed by atoms with E-state index < -0.39 is 11.9 Å². The molecule has 3 amide bonds. The van der Waals surface area contributed by atoms with Crippen LogP contribution < -0.4 is 5.32 Å². The summed E-state index contributed by atoms with van der Waals surface area (Å²) in [7, 11) is 0. The number of ketones is 1. The maximum Gasteiger partial charge on any atom is 0.255 e. The van der Waals surface area contributed by atoms with Crippen molar-refractivity contribution in [2.45, 2.75) is 25.4 Å². The first kappa shape index (κ1) is 15.3. The van der Waals surface area contributed by atoms with Gasteiger partial charge in [0, 0.05) is 24.1 Å². The van der Waals surface area contributed by atoms with Crippen molar-refractivity contribution in [3.63, 3.8) is 0 Å². The van der Waals surface area contributed by atoms with Gasteiger partial charge in [0.25, 0.3) is 5.91 Å². The Morgan fingerprint density at radius 1 is 1.20 bits per heavy atom. The van der Waals surface area contributed by atoms with Crippen LogP contribution in [0.2, 0.25) is 0 Å². The van der Waals surface area contributed by atoms with E-state index in [2.05, 4.69) is 5.32 Å². The number of rotatable bonds is 3. The second-order valence-electron chi connectivity index (χ2n) is 6.08. The van der Waals surface area contributed by atoms with Crippen molar-refractivity contribution in [3.05, 3.63) is 59.0 Å². The van der Waals surface area contributed by atoms with Gasteiger partial charge in [-0.15, -0.1) is 0 Å². The van der Waals surface area contributed by atoms with Gasteiger partial charge >= 0.3 is 0 Å². The molecule has 1 aromatic carbocycles. The number of hydrogen-bond acceptors (Lipinski definition) is 5. The second kappa shape index (κ2) is 5.70. The zero-order chi connectivity index (χ0) is 17.6. The third kappa shape index (κ3) is 2.53. The number of nitrogens with one attached hydrogen (secondary N) is 1. The molecular weight excluding hydrogens is 324 g/mol. The highest BCUT2D eigenvalue weighted by molar-refractivity contribution is 6.09. The Hall–Kier alpha value is -3.22. The minimum absolute atomic E-state index is 0.207. The summed E-state index contributed by atoms with van der Waals surface area (Å²) in [5.74, 6) is -1.08. The number of piperidine rings is 1. The van der Waals surface area contributed by atoms with E-state index >= 15 is 0 Å². The molecular formula is C18H14N2O5. The van der Waals surface area contributed by atoms with Gasteiger partial charge in [-0.05, 0) is 36.2 Å². The smallest absolute Gasteiger partial charge is 0.255 e. The van der Waals surface area contributed by atoms with Crippen LogP contribution >= 0.6 is 0 Å². The number of benzene rings is 1. The summed E-state index contributed by atoms with van der Waals surface area (Å²) < 4.78 is 5.12. The zero-order valence-corrected chi connectivity index (χ0v) is 13.2. The largest absolute Gasteiger partial charge is 0.461 e. The van der Waals surface area contributed by atoms with Gasteiger partial charge in [0.05, 0.1) is 6.26 Å². The summed E-state index contributed by atoms with van der Waals surface area (Å²) in [6.07, 6.45) is 1.94. The predicted molar refractivity (Wildman–Crippen MR) is 84.6 cm³/mol. The van der Waals surface area contributed by atoms with Crippen molar-refractivity contribution in [2.24, 2.45) is 0 Å². The molecule has 1 saturated heterocycles. The minimum Gasteiger partial charge on any atom is -0.461 e. The third-order valence-corrected chi connectivity index (χ3v) is 4.53. The summed E-state index contributed by atoms with van der Waals surface area (Å²) in [5, 5.41) is 2.26. The zero-order valence-electron chi connectivity index (χ0n) is 13.2. The van der Waals surface area contributed by atoms with Crippen molar-refractivity contribution < 1.29 is 23.6 Å². The van der Waals surface area contributed by atoms with E-state index in [4.69, 9.17) is 4.42 Å². The topological polar surface area (TPSA) is 96.7 Å². The van der Waals surface area contributed by atoms with Gasteiger partial charge in [0.2, 0.25) is 17.6 Å². The molecule has 3 heterocycles. The Bertz CT molecular complexity index is 900. The summed E-state index contributed by atoms with van der Waals surface area (Å²) in [4.78, 5) is 49.7. The summed E-state index contributed by atoms with van der Waals surface area (Å²) in [5.41, 5.74) is 1.58. The molecule has 126 valence electrons. The van der Waals surface area contributed by atoms with Crippen molar-refractivity contribution in [2.75, 3.05) is 0 Å². The fraction of sp³-hybridized carbons (Fsp3) is 0.222. The Labute approximate surface area is 142 Å². The molecule has 7 nitrogen and oxygen atoms in total. The molecule has 2 aliphatic rings. The Balaban J connectivity index is 1.60. The molecule has 1 atom stereocenters. The highest BCUT2D eigenvalue weighted by Gasteiger charge is 2.39. The molecule has 0 radical (unpaired) electrons. The summed E-state index contributed by atoms with van der Waals surface area (Å²) in [6, 6.07) is 7.38. The van der Waals surface area contributed by atoms with Crippen molar-refractivity contribution in [3.8, 4) is 0 Å². The molecule has 2 aliphatic heterocycles. The molecule has 1 fully saturated rings. The van der Waals surface area contributed by atoms with Gasteiger partial charge in [0.1, 0.15) is 6.04 Å². The number of furan rings is 1. The number of nitrogens with zero attached hydrogens (tertiary/aromatic N) is 1. The number of fused-ring (bicyclic) bond motifs is 1. The average Bonchev–Trinajstić information content (AvgIpc) is 3.23. The fourth-order valence-corrected chi connectivity index (χ4v) is 3.27. The van der Waals surface area contributed by atoms with Crippen molar-refractivity contribution in [1.82, 2.24) is 10.2 Å². The molecule has 1 aromatic heterocycles. The molecule has 4 rings (SSSR count). The van der Waals surface area contributed by atoms with Crippen LogP contribution in [0.5, 0.6) is 0 Å². The highest BCUT2D eigenvalue weighted by Crippen LogP contribution is 2.28. The van der Waals surface area contributed by atoms with Crippen LogP contribution in [-0.4, -0.2) is 34.4 Å². The lowest BCUT2D eigenvalue weighted by Gasteiger charge is -2.29. The van der Waals surface area contributed by atoms with Gasteiger partial charge in [-0.2, -0.15) is 0 Å². The van der Waals surface area contributed by atoms with E-state index in [1.54, 1.807) is 30.3 Å². The van der Waals surface area contributed by atoms with Crippen molar-refractivity contribution >= 4 is 23.5 Å². The van der Waals surface area contributed by atoms with E-state index in [-0.39, 0.29) is 36.3 Å². The molecule has 2 aromatic rings. The Morgan fingerprint density at radius 2 is 2.04 bits per heavy atom. The molecule has 1 N–H and O–H groups in total. The second-order valence-corrected chi connectivity index (χ2v) is 6.08. The Kier molecular flexibility index (Phi) is 3.49. The number of carbonyl (C=O) groups is 4. The lowest BCUT2D eigenvalue weighted by molar-refractivity contribution is -0.136. The van der Waals surface area contributed by atoms with E-state index in [9.17, 15) is 19.2 Å². The number of hydrogen-bond donors (Lipinski definition) is 1. The van der Waals surface area contributed by atoms with Gasteiger partial charge in [-0.1, -0.05) is 6.07 Å².